The molecule has 2 nitrogen and oxygen atoms in total. The summed E-state index contributed by atoms with van der Waals surface area (Å²) in [6, 6.07) is 1.61. The van der Waals surface area contributed by atoms with Crippen molar-refractivity contribution >= 4 is 15.9 Å². The van der Waals surface area contributed by atoms with E-state index in [-0.39, 0.29) is 6.42 Å². The van der Waals surface area contributed by atoms with E-state index >= 15 is 0 Å². The molecule has 0 amide bonds. The summed E-state index contributed by atoms with van der Waals surface area (Å²) >= 11 is 3.10. The van der Waals surface area contributed by atoms with E-state index in [1.807, 2.05) is 0 Å². The highest BCUT2D eigenvalue weighted by atomic mass is 79.9. The molecule has 4 heteroatoms. The van der Waals surface area contributed by atoms with E-state index < -0.39 is 16.6 Å². The van der Waals surface area contributed by atoms with Crippen LogP contribution >= 0.6 is 15.9 Å². The van der Waals surface area contributed by atoms with Crippen molar-refractivity contribution < 1.29 is 9.50 Å². The third-order valence-corrected chi connectivity index (χ3v) is 3.21. The molecule has 0 aromatic carbocycles. The number of hydrogen-bond donors (Lipinski definition) is 1. The maximum Gasteiger partial charge on any atom is 0.194 e. The van der Waals surface area contributed by atoms with Gasteiger partial charge in [-0.15, -0.1) is 0 Å². The summed E-state index contributed by atoms with van der Waals surface area (Å²) in [5.74, 6) is 0. The molecule has 0 radical (unpaired) electrons. The molecule has 1 fully saturated rings. The molecule has 0 bridgehead atoms. The van der Waals surface area contributed by atoms with Gasteiger partial charge in [0, 0.05) is 0 Å². The number of nitrogens with zero attached hydrogens (tertiary/aromatic N) is 1. The van der Waals surface area contributed by atoms with Gasteiger partial charge >= 0.3 is 0 Å². The van der Waals surface area contributed by atoms with Crippen LogP contribution in [0.15, 0.2) is 0 Å². The average Bonchev–Trinajstić information content (AvgIpc) is 2.00. The Morgan fingerprint density at radius 3 is 2.64 bits per heavy atom. The number of halogens is 2. The Labute approximate surface area is 73.1 Å². The fourth-order valence-corrected chi connectivity index (χ4v) is 1.97. The third-order valence-electron chi connectivity index (χ3n) is 2.05. The van der Waals surface area contributed by atoms with E-state index in [9.17, 15) is 9.50 Å². The van der Waals surface area contributed by atoms with Crippen LogP contribution in [0.4, 0.5) is 4.39 Å². The maximum atomic E-state index is 13.0. The number of rotatable bonds is 0. The van der Waals surface area contributed by atoms with E-state index in [4.69, 9.17) is 5.26 Å². The predicted octanol–water partition coefficient (Wildman–Crippen LogP) is 1.53. The molecule has 0 aromatic rings. The maximum absolute atomic E-state index is 13.0. The minimum Gasteiger partial charge on any atom is -0.372 e. The molecular weight excluding hydrogens is 213 g/mol. The van der Waals surface area contributed by atoms with Gasteiger partial charge in [-0.2, -0.15) is 5.26 Å². The van der Waals surface area contributed by atoms with Crippen molar-refractivity contribution in [3.05, 3.63) is 0 Å². The highest BCUT2D eigenvalue weighted by Gasteiger charge is 2.46. The quantitative estimate of drug-likeness (QED) is 0.498. The Bertz CT molecular complexity index is 181. The van der Waals surface area contributed by atoms with Gasteiger partial charge in [-0.1, -0.05) is 15.9 Å². The molecule has 62 valence electrons. The molecule has 0 spiro atoms. The Morgan fingerprint density at radius 1 is 1.64 bits per heavy atom. The fraction of sp³-hybridized carbons (Fsp3) is 0.857. The zero-order chi connectivity index (χ0) is 8.48. The second-order valence-electron chi connectivity index (χ2n) is 2.80. The lowest BCUT2D eigenvalue weighted by Gasteiger charge is -2.33. The second kappa shape index (κ2) is 3.08. The van der Waals surface area contributed by atoms with Crippen LogP contribution in [0.2, 0.25) is 0 Å². The highest BCUT2D eigenvalue weighted by Crippen LogP contribution is 2.35. The van der Waals surface area contributed by atoms with Crippen LogP contribution in [0.3, 0.4) is 0 Å². The van der Waals surface area contributed by atoms with Crippen molar-refractivity contribution in [2.45, 2.75) is 35.9 Å². The molecule has 0 aromatic heterocycles. The molecule has 1 aliphatic rings. The van der Waals surface area contributed by atoms with E-state index in [2.05, 4.69) is 15.9 Å². The molecule has 1 aliphatic carbocycles. The number of aliphatic hydroxyl groups is 1. The first-order valence-corrected chi connectivity index (χ1v) is 4.44. The summed E-state index contributed by atoms with van der Waals surface area (Å²) in [4.78, 5) is -0.427. The largest absolute Gasteiger partial charge is 0.372 e. The molecule has 1 N–H and O–H groups in total. The molecule has 0 heterocycles. The summed E-state index contributed by atoms with van der Waals surface area (Å²) in [6.45, 7) is 0. The van der Waals surface area contributed by atoms with Gasteiger partial charge in [0.05, 0.1) is 4.83 Å². The minimum absolute atomic E-state index is 0.284. The van der Waals surface area contributed by atoms with Gasteiger partial charge < -0.3 is 5.11 Å². The highest BCUT2D eigenvalue weighted by molar-refractivity contribution is 9.09. The Hall–Kier alpha value is -0.140. The topological polar surface area (TPSA) is 44.0 Å². The van der Waals surface area contributed by atoms with Gasteiger partial charge in [-0.05, 0) is 19.3 Å². The van der Waals surface area contributed by atoms with Crippen LogP contribution in [0.25, 0.3) is 0 Å². The third kappa shape index (κ3) is 1.40. The van der Waals surface area contributed by atoms with Gasteiger partial charge in [0.2, 0.25) is 0 Å². The van der Waals surface area contributed by atoms with Crippen molar-refractivity contribution in [2.75, 3.05) is 0 Å². The number of alkyl halides is 2. The lowest BCUT2D eigenvalue weighted by molar-refractivity contribution is -0.00909. The molecule has 0 saturated heterocycles. The van der Waals surface area contributed by atoms with Crippen molar-refractivity contribution in [3.63, 3.8) is 0 Å². The molecule has 1 rings (SSSR count). The van der Waals surface area contributed by atoms with E-state index in [0.29, 0.717) is 6.42 Å². The van der Waals surface area contributed by atoms with Crippen LogP contribution in [0.1, 0.15) is 19.3 Å². The lowest BCUT2D eigenvalue weighted by Crippen LogP contribution is -2.49. The van der Waals surface area contributed by atoms with Crippen LogP contribution in [0.5, 0.6) is 0 Å². The number of nitriles is 1. The lowest BCUT2D eigenvalue weighted by atomic mass is 9.84. The molecule has 0 aliphatic heterocycles. The van der Waals surface area contributed by atoms with Gasteiger partial charge in [-0.3, -0.25) is 0 Å². The van der Waals surface area contributed by atoms with Crippen LogP contribution in [-0.2, 0) is 0 Å². The summed E-state index contributed by atoms with van der Waals surface area (Å²) < 4.78 is 13.0. The van der Waals surface area contributed by atoms with E-state index in [1.165, 1.54) is 0 Å². The Balaban J connectivity index is 2.80. The molecule has 1 saturated carbocycles. The fourth-order valence-electron chi connectivity index (χ4n) is 1.25. The first-order valence-electron chi connectivity index (χ1n) is 3.53. The first kappa shape index (κ1) is 8.95. The van der Waals surface area contributed by atoms with Crippen LogP contribution in [0, 0.1) is 11.3 Å². The van der Waals surface area contributed by atoms with Gasteiger partial charge in [0.25, 0.3) is 0 Å². The Kier molecular flexibility index (Phi) is 2.50. The van der Waals surface area contributed by atoms with Gasteiger partial charge in [0.15, 0.2) is 5.60 Å². The van der Waals surface area contributed by atoms with Crippen molar-refractivity contribution in [3.8, 4) is 6.07 Å². The van der Waals surface area contributed by atoms with Crippen LogP contribution in [-0.4, -0.2) is 21.7 Å². The Morgan fingerprint density at radius 2 is 2.27 bits per heavy atom. The molecular formula is C7H9BrFNO. The predicted molar refractivity (Wildman–Crippen MR) is 42.0 cm³/mol. The average molecular weight is 222 g/mol. The molecule has 3 atom stereocenters. The monoisotopic (exact) mass is 221 g/mol. The first-order chi connectivity index (χ1) is 5.11. The second-order valence-corrected chi connectivity index (χ2v) is 3.91. The number of hydrogen-bond acceptors (Lipinski definition) is 2. The minimum atomic E-state index is -1.81. The van der Waals surface area contributed by atoms with E-state index in [0.717, 1.165) is 6.42 Å². The summed E-state index contributed by atoms with van der Waals surface area (Å²) in [5.41, 5.74) is -1.81. The molecule has 0 unspecified atom stereocenters. The summed E-state index contributed by atoms with van der Waals surface area (Å²) in [5, 5.41) is 18.0. The van der Waals surface area contributed by atoms with Crippen LogP contribution < -0.4 is 0 Å². The van der Waals surface area contributed by atoms with Gasteiger partial charge in [0.1, 0.15) is 12.2 Å². The summed E-state index contributed by atoms with van der Waals surface area (Å²) in [7, 11) is 0. The smallest absolute Gasteiger partial charge is 0.194 e. The van der Waals surface area contributed by atoms with Crippen molar-refractivity contribution in [1.29, 1.82) is 5.26 Å². The molecule has 11 heavy (non-hydrogen) atoms. The zero-order valence-electron chi connectivity index (χ0n) is 5.93. The standard InChI is InChI=1S/C7H9BrFNO/c8-5-2-1-3-6(9)7(5,11)4-10/h5-6,11H,1-3H2/t5-,6+,7+/m0/s1. The van der Waals surface area contributed by atoms with Crippen molar-refractivity contribution in [1.82, 2.24) is 0 Å². The van der Waals surface area contributed by atoms with Gasteiger partial charge in [-0.25, -0.2) is 4.39 Å². The normalized spacial score (nSPS) is 44.9. The van der Waals surface area contributed by atoms with E-state index in [1.54, 1.807) is 6.07 Å². The SMILES string of the molecule is N#C[C@]1(O)[C@H](F)CCC[C@@H]1Br. The summed E-state index contributed by atoms with van der Waals surface area (Å²) in [6.07, 6.45) is 0.253. The van der Waals surface area contributed by atoms with Crippen molar-refractivity contribution in [2.24, 2.45) is 0 Å². The zero-order valence-corrected chi connectivity index (χ0v) is 7.51.